The summed E-state index contributed by atoms with van der Waals surface area (Å²) in [6.45, 7) is 6.79. The molecule has 0 aromatic rings. The normalized spacial score (nSPS) is 52.2. The van der Waals surface area contributed by atoms with Crippen molar-refractivity contribution in [2.45, 2.75) is 78.2 Å². The summed E-state index contributed by atoms with van der Waals surface area (Å²) in [7, 11) is 0. The van der Waals surface area contributed by atoms with Crippen LogP contribution < -0.4 is 5.73 Å². The maximum absolute atomic E-state index is 12.2. The van der Waals surface area contributed by atoms with Crippen LogP contribution in [0.2, 0.25) is 0 Å². The van der Waals surface area contributed by atoms with Crippen LogP contribution in [0.4, 0.5) is 0 Å². The topological polar surface area (TPSA) is 43.1 Å². The Morgan fingerprint density at radius 3 is 2.65 bits per heavy atom. The lowest BCUT2D eigenvalue weighted by atomic mass is 9.47. The van der Waals surface area contributed by atoms with Gasteiger partial charge in [-0.1, -0.05) is 25.5 Å². The highest BCUT2D eigenvalue weighted by molar-refractivity contribution is 5.79. The summed E-state index contributed by atoms with van der Waals surface area (Å²) < 4.78 is 0. The monoisotopic (exact) mass is 315 g/mol. The van der Waals surface area contributed by atoms with Gasteiger partial charge in [0.2, 0.25) is 0 Å². The lowest BCUT2D eigenvalue weighted by Crippen LogP contribution is -2.51. The summed E-state index contributed by atoms with van der Waals surface area (Å²) in [5.74, 6) is 3.17. The van der Waals surface area contributed by atoms with Gasteiger partial charge in [0.25, 0.3) is 0 Å². The summed E-state index contributed by atoms with van der Waals surface area (Å²) in [5, 5.41) is 0. The highest BCUT2D eigenvalue weighted by atomic mass is 16.1. The lowest BCUT2D eigenvalue weighted by Gasteiger charge is -2.58. The van der Waals surface area contributed by atoms with Crippen LogP contribution in [0.1, 0.15) is 72.1 Å². The molecule has 2 N–H and O–H groups in total. The lowest BCUT2D eigenvalue weighted by molar-refractivity contribution is -0.127. The number of hydrogen-bond donors (Lipinski definition) is 1. The number of nitrogens with two attached hydrogens (primary N) is 1. The van der Waals surface area contributed by atoms with E-state index in [-0.39, 0.29) is 5.41 Å². The number of Topliss-reactive ketones (excluding diaryl/α,β-unsaturated/α-hetero) is 1. The third-order valence-corrected chi connectivity index (χ3v) is 8.63. The van der Waals surface area contributed by atoms with Crippen LogP contribution in [0, 0.1) is 34.5 Å². The largest absolute Gasteiger partial charge is 0.327 e. The highest BCUT2D eigenvalue weighted by Gasteiger charge is 2.59. The molecule has 7 unspecified atom stereocenters. The van der Waals surface area contributed by atoms with Crippen molar-refractivity contribution in [3.63, 3.8) is 0 Å². The Hall–Kier alpha value is -0.630. The zero-order valence-corrected chi connectivity index (χ0v) is 15.1. The van der Waals surface area contributed by atoms with Gasteiger partial charge in [0.15, 0.2) is 0 Å². The van der Waals surface area contributed by atoms with Crippen molar-refractivity contribution in [2.75, 3.05) is 0 Å². The summed E-state index contributed by atoms with van der Waals surface area (Å²) in [5.41, 5.74) is 8.59. The molecular weight excluding hydrogens is 282 g/mol. The Balaban J connectivity index is 1.66. The molecule has 7 atom stereocenters. The zero-order valence-electron chi connectivity index (χ0n) is 15.1. The van der Waals surface area contributed by atoms with Gasteiger partial charge in [-0.2, -0.15) is 0 Å². The van der Waals surface area contributed by atoms with E-state index in [2.05, 4.69) is 19.9 Å². The third kappa shape index (κ3) is 2.13. The van der Waals surface area contributed by atoms with Gasteiger partial charge >= 0.3 is 0 Å². The number of allylic oxidation sites excluding steroid dienone is 1. The molecular formula is C21H33NO. The third-order valence-electron chi connectivity index (χ3n) is 8.63. The molecule has 0 aromatic carbocycles. The maximum Gasteiger partial charge on any atom is 0.133 e. The quantitative estimate of drug-likeness (QED) is 0.725. The van der Waals surface area contributed by atoms with E-state index in [9.17, 15) is 4.79 Å². The van der Waals surface area contributed by atoms with Gasteiger partial charge < -0.3 is 5.73 Å². The Morgan fingerprint density at radius 1 is 1.13 bits per heavy atom. The van der Waals surface area contributed by atoms with Crippen molar-refractivity contribution in [1.82, 2.24) is 0 Å². The molecule has 0 radical (unpaired) electrons. The number of carbonyl (C=O) groups excluding carboxylic acids is 1. The zero-order chi connectivity index (χ0) is 16.4. The highest BCUT2D eigenvalue weighted by Crippen LogP contribution is 2.66. The van der Waals surface area contributed by atoms with E-state index in [1.165, 1.54) is 38.5 Å². The van der Waals surface area contributed by atoms with Crippen molar-refractivity contribution >= 4 is 5.78 Å². The van der Waals surface area contributed by atoms with E-state index in [1.807, 2.05) is 6.92 Å². The fourth-order valence-electron chi connectivity index (χ4n) is 7.36. The van der Waals surface area contributed by atoms with Gasteiger partial charge in [-0.25, -0.2) is 0 Å². The van der Waals surface area contributed by atoms with E-state index in [4.69, 9.17) is 5.73 Å². The van der Waals surface area contributed by atoms with Crippen LogP contribution in [-0.4, -0.2) is 11.8 Å². The van der Waals surface area contributed by atoms with Gasteiger partial charge in [-0.15, -0.1) is 0 Å². The molecule has 0 bridgehead atoms. The number of rotatable bonds is 1. The molecule has 3 saturated carbocycles. The van der Waals surface area contributed by atoms with Crippen molar-refractivity contribution < 1.29 is 4.79 Å². The van der Waals surface area contributed by atoms with E-state index in [1.54, 1.807) is 5.57 Å². The average Bonchev–Trinajstić information content (AvgIpc) is 2.85. The predicted molar refractivity (Wildman–Crippen MR) is 93.8 cm³/mol. The first-order chi connectivity index (χ1) is 10.9. The van der Waals surface area contributed by atoms with Crippen molar-refractivity contribution in [3.8, 4) is 0 Å². The molecule has 0 spiro atoms. The van der Waals surface area contributed by atoms with E-state index in [0.717, 1.165) is 30.6 Å². The molecule has 4 aliphatic carbocycles. The van der Waals surface area contributed by atoms with Gasteiger partial charge in [0.05, 0.1) is 0 Å². The van der Waals surface area contributed by atoms with E-state index in [0.29, 0.717) is 23.2 Å². The SMILES string of the molecule is CC(=O)C1CCC2C3CC=C4CC(N)CCC4(C)C3CCC12C. The molecule has 0 heterocycles. The molecule has 3 fully saturated rings. The molecule has 0 aromatic heterocycles. The van der Waals surface area contributed by atoms with Crippen LogP contribution in [0.3, 0.4) is 0 Å². The van der Waals surface area contributed by atoms with Crippen molar-refractivity contribution in [1.29, 1.82) is 0 Å². The summed E-state index contributed by atoms with van der Waals surface area (Å²) in [6, 6.07) is 0.383. The number of fused-ring (bicyclic) bond motifs is 5. The van der Waals surface area contributed by atoms with E-state index >= 15 is 0 Å². The minimum atomic E-state index is 0.278. The molecule has 0 amide bonds. The summed E-state index contributed by atoms with van der Waals surface area (Å²) >= 11 is 0. The molecule has 2 heteroatoms. The van der Waals surface area contributed by atoms with Crippen LogP contribution in [0.25, 0.3) is 0 Å². The van der Waals surface area contributed by atoms with Crippen LogP contribution >= 0.6 is 0 Å². The standard InChI is InChI=1S/C21H33NO/c1-13(23)17-6-7-18-16-5-4-14-12-15(22)8-10-20(14,2)19(16)9-11-21(17,18)3/h4,15-19H,5-12,22H2,1-3H3. The van der Waals surface area contributed by atoms with E-state index < -0.39 is 0 Å². The first-order valence-electron chi connectivity index (χ1n) is 9.82. The van der Waals surface area contributed by atoms with Crippen molar-refractivity contribution in [3.05, 3.63) is 11.6 Å². The van der Waals surface area contributed by atoms with Gasteiger partial charge in [0, 0.05) is 12.0 Å². The minimum Gasteiger partial charge on any atom is -0.327 e. The smallest absolute Gasteiger partial charge is 0.133 e. The number of ketones is 1. The predicted octanol–water partition coefficient (Wildman–Crippen LogP) is 4.48. The number of carbonyl (C=O) groups is 1. The van der Waals surface area contributed by atoms with Gasteiger partial charge in [-0.3, -0.25) is 4.79 Å². The minimum absolute atomic E-state index is 0.278. The Labute approximate surface area is 141 Å². The van der Waals surface area contributed by atoms with Crippen LogP contribution in [0.5, 0.6) is 0 Å². The second-order valence-corrected chi connectivity index (χ2v) is 9.55. The first-order valence-corrected chi connectivity index (χ1v) is 9.82. The van der Waals surface area contributed by atoms with Crippen molar-refractivity contribution in [2.24, 2.45) is 40.2 Å². The Morgan fingerprint density at radius 2 is 1.91 bits per heavy atom. The average molecular weight is 316 g/mol. The molecule has 4 aliphatic rings. The van der Waals surface area contributed by atoms with Crippen LogP contribution in [-0.2, 0) is 4.79 Å². The Kier molecular flexibility index (Phi) is 3.58. The maximum atomic E-state index is 12.2. The number of hydrogen-bond acceptors (Lipinski definition) is 2. The molecule has 0 saturated heterocycles. The molecule has 0 aliphatic heterocycles. The fraction of sp³-hybridized carbons (Fsp3) is 0.857. The molecule has 23 heavy (non-hydrogen) atoms. The molecule has 128 valence electrons. The summed E-state index contributed by atoms with van der Waals surface area (Å²) in [6.07, 6.45) is 12.4. The fourth-order valence-corrected chi connectivity index (χ4v) is 7.36. The first kappa shape index (κ1) is 15.9. The molecule has 2 nitrogen and oxygen atoms in total. The van der Waals surface area contributed by atoms with Gasteiger partial charge in [0.1, 0.15) is 5.78 Å². The molecule has 4 rings (SSSR count). The Bertz CT molecular complexity index is 552. The summed E-state index contributed by atoms with van der Waals surface area (Å²) in [4.78, 5) is 12.2. The second-order valence-electron chi connectivity index (χ2n) is 9.55. The van der Waals surface area contributed by atoms with Gasteiger partial charge in [-0.05, 0) is 86.9 Å². The van der Waals surface area contributed by atoms with Crippen LogP contribution in [0.15, 0.2) is 11.6 Å². The second kappa shape index (κ2) is 5.18.